The summed E-state index contributed by atoms with van der Waals surface area (Å²) < 4.78 is 0. The zero-order valence-corrected chi connectivity index (χ0v) is 10.8. The number of carbonyl (C=O) groups is 1. The fourth-order valence-corrected chi connectivity index (χ4v) is 1.63. The maximum absolute atomic E-state index is 11.2. The lowest BCUT2D eigenvalue weighted by atomic mass is 9.86. The number of carbonyl (C=O) groups excluding carboxylic acids is 1. The molecule has 1 nitrogen and oxygen atoms in total. The fraction of sp³-hybridized carbons (Fsp3) is 0.533. The molecule has 1 aromatic rings. The SMILES string of the molecule is CCC(=O)CCc1ccc(C(C)(C)C)cc1. The molecule has 0 aliphatic heterocycles. The Balaban J connectivity index is 2.62. The number of ketones is 1. The molecule has 16 heavy (non-hydrogen) atoms. The van der Waals surface area contributed by atoms with E-state index in [9.17, 15) is 4.79 Å². The van der Waals surface area contributed by atoms with Crippen LogP contribution in [-0.4, -0.2) is 5.78 Å². The number of hydrogen-bond donors (Lipinski definition) is 0. The van der Waals surface area contributed by atoms with Gasteiger partial charge in [0.1, 0.15) is 5.78 Å². The summed E-state index contributed by atoms with van der Waals surface area (Å²) in [5.74, 6) is 0.347. The van der Waals surface area contributed by atoms with Crippen molar-refractivity contribution in [3.63, 3.8) is 0 Å². The van der Waals surface area contributed by atoms with Crippen molar-refractivity contribution >= 4 is 5.78 Å². The summed E-state index contributed by atoms with van der Waals surface area (Å²) in [6, 6.07) is 8.63. The average Bonchev–Trinajstić information content (AvgIpc) is 2.25. The first-order valence-electron chi connectivity index (χ1n) is 6.04. The van der Waals surface area contributed by atoms with Gasteiger partial charge in [0.25, 0.3) is 0 Å². The lowest BCUT2D eigenvalue weighted by Gasteiger charge is -2.19. The Morgan fingerprint density at radius 3 is 2.12 bits per heavy atom. The molecule has 1 heteroatoms. The Kier molecular flexibility index (Phi) is 4.28. The molecule has 0 unspecified atom stereocenters. The Morgan fingerprint density at radius 2 is 1.69 bits per heavy atom. The quantitative estimate of drug-likeness (QED) is 0.749. The van der Waals surface area contributed by atoms with Crippen molar-refractivity contribution in [2.24, 2.45) is 0 Å². The van der Waals surface area contributed by atoms with Crippen LogP contribution in [0.2, 0.25) is 0 Å². The highest BCUT2D eigenvalue weighted by molar-refractivity contribution is 5.78. The Bertz CT molecular complexity index is 341. The minimum Gasteiger partial charge on any atom is -0.300 e. The van der Waals surface area contributed by atoms with Crippen molar-refractivity contribution in [2.45, 2.75) is 52.4 Å². The Morgan fingerprint density at radius 1 is 1.12 bits per heavy atom. The van der Waals surface area contributed by atoms with Crippen LogP contribution in [-0.2, 0) is 16.6 Å². The zero-order valence-electron chi connectivity index (χ0n) is 10.8. The number of hydrogen-bond acceptors (Lipinski definition) is 1. The van der Waals surface area contributed by atoms with Crippen LogP contribution in [0.5, 0.6) is 0 Å². The van der Waals surface area contributed by atoms with Crippen LogP contribution in [0, 0.1) is 0 Å². The van der Waals surface area contributed by atoms with E-state index in [-0.39, 0.29) is 5.41 Å². The maximum Gasteiger partial charge on any atom is 0.132 e. The molecule has 0 saturated heterocycles. The molecule has 1 rings (SSSR count). The van der Waals surface area contributed by atoms with Crippen molar-refractivity contribution in [3.05, 3.63) is 35.4 Å². The van der Waals surface area contributed by atoms with E-state index >= 15 is 0 Å². The van der Waals surface area contributed by atoms with Gasteiger partial charge in [0.15, 0.2) is 0 Å². The lowest BCUT2D eigenvalue weighted by molar-refractivity contribution is -0.118. The molecule has 0 bridgehead atoms. The van der Waals surface area contributed by atoms with Gasteiger partial charge in [-0.25, -0.2) is 0 Å². The van der Waals surface area contributed by atoms with Crippen LogP contribution in [0.25, 0.3) is 0 Å². The lowest BCUT2D eigenvalue weighted by Crippen LogP contribution is -2.10. The van der Waals surface area contributed by atoms with Crippen molar-refractivity contribution in [3.8, 4) is 0 Å². The first kappa shape index (κ1) is 13.0. The second kappa shape index (κ2) is 5.29. The molecule has 88 valence electrons. The molecule has 0 N–H and O–H groups in total. The van der Waals surface area contributed by atoms with Crippen molar-refractivity contribution in [2.75, 3.05) is 0 Å². The number of benzene rings is 1. The number of rotatable bonds is 4. The molecule has 0 aliphatic carbocycles. The number of aryl methyl sites for hydroxylation is 1. The number of Topliss-reactive ketones (excluding diaryl/α,β-unsaturated/α-hetero) is 1. The van der Waals surface area contributed by atoms with Gasteiger partial charge >= 0.3 is 0 Å². The monoisotopic (exact) mass is 218 g/mol. The van der Waals surface area contributed by atoms with Gasteiger partial charge in [-0.05, 0) is 23.0 Å². The zero-order chi connectivity index (χ0) is 12.2. The van der Waals surface area contributed by atoms with Crippen molar-refractivity contribution in [1.82, 2.24) is 0 Å². The minimum atomic E-state index is 0.206. The highest BCUT2D eigenvalue weighted by Crippen LogP contribution is 2.22. The van der Waals surface area contributed by atoms with E-state index in [4.69, 9.17) is 0 Å². The van der Waals surface area contributed by atoms with Gasteiger partial charge in [-0.2, -0.15) is 0 Å². The Labute approximate surface area is 98.9 Å². The molecule has 0 atom stereocenters. The van der Waals surface area contributed by atoms with Crippen LogP contribution < -0.4 is 0 Å². The third-order valence-corrected chi connectivity index (χ3v) is 2.91. The summed E-state index contributed by atoms with van der Waals surface area (Å²) in [4.78, 5) is 11.2. The standard InChI is InChI=1S/C15H22O/c1-5-14(16)11-8-12-6-9-13(10-7-12)15(2,3)4/h6-7,9-10H,5,8,11H2,1-4H3. The van der Waals surface area contributed by atoms with Gasteiger partial charge in [0, 0.05) is 12.8 Å². The van der Waals surface area contributed by atoms with Crippen LogP contribution in [0.15, 0.2) is 24.3 Å². The summed E-state index contributed by atoms with van der Waals surface area (Å²) >= 11 is 0. The van der Waals surface area contributed by atoms with E-state index in [2.05, 4.69) is 45.0 Å². The van der Waals surface area contributed by atoms with E-state index in [0.717, 1.165) is 6.42 Å². The van der Waals surface area contributed by atoms with Crippen LogP contribution in [0.4, 0.5) is 0 Å². The van der Waals surface area contributed by atoms with Crippen molar-refractivity contribution < 1.29 is 4.79 Å². The van der Waals surface area contributed by atoms with Gasteiger partial charge in [-0.1, -0.05) is 52.0 Å². The third kappa shape index (κ3) is 3.80. The normalized spacial score (nSPS) is 11.5. The van der Waals surface area contributed by atoms with E-state index in [1.54, 1.807) is 0 Å². The summed E-state index contributed by atoms with van der Waals surface area (Å²) in [6.45, 7) is 8.55. The highest BCUT2D eigenvalue weighted by atomic mass is 16.1. The molecule has 0 saturated carbocycles. The molecule has 0 fully saturated rings. The van der Waals surface area contributed by atoms with Gasteiger partial charge in [0.05, 0.1) is 0 Å². The predicted molar refractivity (Wildman–Crippen MR) is 68.8 cm³/mol. The topological polar surface area (TPSA) is 17.1 Å². The second-order valence-electron chi connectivity index (χ2n) is 5.34. The second-order valence-corrected chi connectivity index (χ2v) is 5.34. The summed E-state index contributed by atoms with van der Waals surface area (Å²) in [6.07, 6.45) is 2.20. The molecule has 1 aromatic carbocycles. The van der Waals surface area contributed by atoms with Crippen LogP contribution >= 0.6 is 0 Å². The van der Waals surface area contributed by atoms with E-state index < -0.39 is 0 Å². The molecule has 0 amide bonds. The van der Waals surface area contributed by atoms with E-state index in [1.165, 1.54) is 11.1 Å². The largest absolute Gasteiger partial charge is 0.300 e. The fourth-order valence-electron chi connectivity index (χ4n) is 1.63. The van der Waals surface area contributed by atoms with Gasteiger partial charge in [0.2, 0.25) is 0 Å². The molecule has 0 aliphatic rings. The van der Waals surface area contributed by atoms with Gasteiger partial charge in [-0.3, -0.25) is 4.79 Å². The molecule has 0 aromatic heterocycles. The van der Waals surface area contributed by atoms with Crippen molar-refractivity contribution in [1.29, 1.82) is 0 Å². The molecular weight excluding hydrogens is 196 g/mol. The van der Waals surface area contributed by atoms with Gasteiger partial charge < -0.3 is 0 Å². The molecule has 0 heterocycles. The average molecular weight is 218 g/mol. The predicted octanol–water partition coefficient (Wildman–Crippen LogP) is 3.90. The Hall–Kier alpha value is -1.11. The first-order valence-corrected chi connectivity index (χ1v) is 6.04. The summed E-state index contributed by atoms with van der Waals surface area (Å²) in [7, 11) is 0. The minimum absolute atomic E-state index is 0.206. The van der Waals surface area contributed by atoms with Crippen LogP contribution in [0.3, 0.4) is 0 Å². The molecule has 0 radical (unpaired) electrons. The molecular formula is C15H22O. The molecule has 0 spiro atoms. The smallest absolute Gasteiger partial charge is 0.132 e. The van der Waals surface area contributed by atoms with Gasteiger partial charge in [-0.15, -0.1) is 0 Å². The highest BCUT2D eigenvalue weighted by Gasteiger charge is 2.12. The van der Waals surface area contributed by atoms with E-state index in [1.807, 2.05) is 6.92 Å². The summed E-state index contributed by atoms with van der Waals surface area (Å²) in [5, 5.41) is 0. The summed E-state index contributed by atoms with van der Waals surface area (Å²) in [5.41, 5.74) is 2.81. The van der Waals surface area contributed by atoms with E-state index in [0.29, 0.717) is 18.6 Å². The first-order chi connectivity index (χ1) is 7.43. The third-order valence-electron chi connectivity index (χ3n) is 2.91. The maximum atomic E-state index is 11.2. The van der Waals surface area contributed by atoms with Crippen LogP contribution in [0.1, 0.15) is 51.7 Å².